The maximum absolute atomic E-state index is 13.2. The standard InChI is InChI=1S/C21H21FN4O2/c1-12-17-8-10-26(21(27)19-13(2)25-28-14(19)3)11-9-18(17)24-20(23-12)15-4-6-16(22)7-5-15/h4-7H,8-11H2,1-3H3. The van der Waals surface area contributed by atoms with Crippen LogP contribution in [0.5, 0.6) is 0 Å². The number of benzene rings is 1. The third kappa shape index (κ3) is 3.28. The smallest absolute Gasteiger partial charge is 0.259 e. The Balaban J connectivity index is 1.61. The van der Waals surface area contributed by atoms with E-state index in [0.29, 0.717) is 48.8 Å². The molecule has 1 aliphatic rings. The Bertz CT molecular complexity index is 1020. The largest absolute Gasteiger partial charge is 0.361 e. The summed E-state index contributed by atoms with van der Waals surface area (Å²) in [6.45, 7) is 6.65. The van der Waals surface area contributed by atoms with Crippen LogP contribution in [0.3, 0.4) is 0 Å². The number of hydrogen-bond donors (Lipinski definition) is 0. The van der Waals surface area contributed by atoms with Gasteiger partial charge in [-0.05, 0) is 57.0 Å². The van der Waals surface area contributed by atoms with Gasteiger partial charge in [-0.1, -0.05) is 5.16 Å². The molecular weight excluding hydrogens is 359 g/mol. The molecule has 7 heteroatoms. The van der Waals surface area contributed by atoms with Crippen LogP contribution in [0.2, 0.25) is 0 Å². The molecule has 0 atom stereocenters. The summed E-state index contributed by atoms with van der Waals surface area (Å²) in [6.07, 6.45) is 1.34. The molecule has 0 spiro atoms. The number of carbonyl (C=O) groups excluding carboxylic acids is 1. The van der Waals surface area contributed by atoms with Gasteiger partial charge in [0.2, 0.25) is 0 Å². The van der Waals surface area contributed by atoms with E-state index in [0.717, 1.165) is 22.5 Å². The summed E-state index contributed by atoms with van der Waals surface area (Å²) >= 11 is 0. The third-order valence-electron chi connectivity index (χ3n) is 5.19. The van der Waals surface area contributed by atoms with Gasteiger partial charge in [0.15, 0.2) is 5.82 Å². The molecule has 1 aliphatic heterocycles. The van der Waals surface area contributed by atoms with Crippen molar-refractivity contribution in [2.45, 2.75) is 33.6 Å². The highest BCUT2D eigenvalue weighted by Crippen LogP contribution is 2.24. The number of aromatic nitrogens is 3. The van der Waals surface area contributed by atoms with Crippen molar-refractivity contribution in [3.63, 3.8) is 0 Å². The zero-order valence-electron chi connectivity index (χ0n) is 16.1. The minimum atomic E-state index is -0.288. The maximum atomic E-state index is 13.2. The highest BCUT2D eigenvalue weighted by Gasteiger charge is 2.26. The summed E-state index contributed by atoms with van der Waals surface area (Å²) in [7, 11) is 0. The van der Waals surface area contributed by atoms with E-state index in [4.69, 9.17) is 9.51 Å². The molecule has 4 rings (SSSR count). The van der Waals surface area contributed by atoms with Gasteiger partial charge in [-0.3, -0.25) is 4.79 Å². The van der Waals surface area contributed by atoms with Crippen LogP contribution in [-0.4, -0.2) is 39.0 Å². The van der Waals surface area contributed by atoms with Gasteiger partial charge >= 0.3 is 0 Å². The first-order chi connectivity index (χ1) is 13.4. The van der Waals surface area contributed by atoms with Crippen molar-refractivity contribution in [2.75, 3.05) is 13.1 Å². The zero-order chi connectivity index (χ0) is 19.8. The Labute approximate surface area is 162 Å². The summed E-state index contributed by atoms with van der Waals surface area (Å²) in [5.74, 6) is 0.776. The van der Waals surface area contributed by atoms with Crippen LogP contribution in [0.25, 0.3) is 11.4 Å². The second kappa shape index (κ2) is 7.14. The average molecular weight is 380 g/mol. The van der Waals surface area contributed by atoms with E-state index in [1.807, 2.05) is 11.8 Å². The first-order valence-electron chi connectivity index (χ1n) is 9.28. The van der Waals surface area contributed by atoms with E-state index in [2.05, 4.69) is 10.1 Å². The Morgan fingerprint density at radius 1 is 1.04 bits per heavy atom. The molecule has 0 radical (unpaired) electrons. The fraction of sp³-hybridized carbons (Fsp3) is 0.333. The van der Waals surface area contributed by atoms with Crippen molar-refractivity contribution in [1.82, 2.24) is 20.0 Å². The number of amides is 1. The minimum absolute atomic E-state index is 0.0616. The molecule has 144 valence electrons. The van der Waals surface area contributed by atoms with Crippen molar-refractivity contribution in [3.8, 4) is 11.4 Å². The molecule has 0 unspecified atom stereocenters. The van der Waals surface area contributed by atoms with E-state index in [1.54, 1.807) is 26.0 Å². The fourth-order valence-corrected chi connectivity index (χ4v) is 3.66. The van der Waals surface area contributed by atoms with E-state index < -0.39 is 0 Å². The molecule has 0 aliphatic carbocycles. The molecule has 0 N–H and O–H groups in total. The summed E-state index contributed by atoms with van der Waals surface area (Å²) < 4.78 is 18.4. The van der Waals surface area contributed by atoms with Gasteiger partial charge in [-0.15, -0.1) is 0 Å². The van der Waals surface area contributed by atoms with Crippen LogP contribution >= 0.6 is 0 Å². The number of halogens is 1. The molecule has 2 aromatic heterocycles. The van der Waals surface area contributed by atoms with Crippen LogP contribution in [0.15, 0.2) is 28.8 Å². The van der Waals surface area contributed by atoms with Crippen molar-refractivity contribution >= 4 is 5.91 Å². The number of carbonyl (C=O) groups is 1. The SMILES string of the molecule is Cc1nc(-c2ccc(F)cc2)nc2c1CCN(C(=O)c1c(C)noc1C)CC2. The predicted octanol–water partition coefficient (Wildman–Crippen LogP) is 3.44. The van der Waals surface area contributed by atoms with E-state index in [1.165, 1.54) is 12.1 Å². The zero-order valence-corrected chi connectivity index (χ0v) is 16.1. The van der Waals surface area contributed by atoms with Crippen molar-refractivity contribution < 1.29 is 13.7 Å². The van der Waals surface area contributed by atoms with Crippen LogP contribution in [-0.2, 0) is 12.8 Å². The van der Waals surface area contributed by atoms with Gasteiger partial charge in [0.1, 0.15) is 17.1 Å². The number of hydrogen-bond acceptors (Lipinski definition) is 5. The van der Waals surface area contributed by atoms with Gasteiger partial charge in [0.05, 0.1) is 5.69 Å². The van der Waals surface area contributed by atoms with Gasteiger partial charge in [0.25, 0.3) is 5.91 Å². The van der Waals surface area contributed by atoms with Gasteiger partial charge < -0.3 is 9.42 Å². The van der Waals surface area contributed by atoms with Crippen molar-refractivity contribution in [1.29, 1.82) is 0 Å². The van der Waals surface area contributed by atoms with Crippen molar-refractivity contribution in [3.05, 3.63) is 64.1 Å². The Kier molecular flexibility index (Phi) is 4.66. The molecule has 0 saturated heterocycles. The third-order valence-corrected chi connectivity index (χ3v) is 5.19. The van der Waals surface area contributed by atoms with Gasteiger partial charge in [-0.2, -0.15) is 0 Å². The van der Waals surface area contributed by atoms with Crippen molar-refractivity contribution in [2.24, 2.45) is 0 Å². The second-order valence-corrected chi connectivity index (χ2v) is 7.06. The molecule has 6 nitrogen and oxygen atoms in total. The lowest BCUT2D eigenvalue weighted by Gasteiger charge is -2.19. The minimum Gasteiger partial charge on any atom is -0.361 e. The quantitative estimate of drug-likeness (QED) is 0.681. The molecule has 3 aromatic rings. The Morgan fingerprint density at radius 3 is 2.43 bits per heavy atom. The average Bonchev–Trinajstić information content (AvgIpc) is 2.88. The highest BCUT2D eigenvalue weighted by atomic mass is 19.1. The van der Waals surface area contributed by atoms with Crippen LogP contribution in [0.1, 0.15) is 38.8 Å². The normalized spacial score (nSPS) is 13.9. The van der Waals surface area contributed by atoms with Crippen LogP contribution in [0, 0.1) is 26.6 Å². The number of fused-ring (bicyclic) bond motifs is 1. The topological polar surface area (TPSA) is 72.1 Å². The molecular formula is C21H21FN4O2. The van der Waals surface area contributed by atoms with E-state index >= 15 is 0 Å². The predicted molar refractivity (Wildman–Crippen MR) is 101 cm³/mol. The van der Waals surface area contributed by atoms with Gasteiger partial charge in [0, 0.05) is 36.5 Å². The highest BCUT2D eigenvalue weighted by molar-refractivity contribution is 5.96. The first kappa shape index (κ1) is 18.3. The van der Waals surface area contributed by atoms with Crippen LogP contribution < -0.4 is 0 Å². The van der Waals surface area contributed by atoms with E-state index in [9.17, 15) is 9.18 Å². The molecule has 3 heterocycles. The second-order valence-electron chi connectivity index (χ2n) is 7.06. The summed E-state index contributed by atoms with van der Waals surface area (Å²) in [4.78, 5) is 24.1. The number of aryl methyl sites for hydroxylation is 3. The lowest BCUT2D eigenvalue weighted by molar-refractivity contribution is 0.0760. The lowest BCUT2D eigenvalue weighted by atomic mass is 10.1. The molecule has 0 saturated carbocycles. The summed E-state index contributed by atoms with van der Waals surface area (Å²) in [5.41, 5.74) is 4.86. The first-order valence-corrected chi connectivity index (χ1v) is 9.28. The molecule has 1 amide bonds. The van der Waals surface area contributed by atoms with E-state index in [-0.39, 0.29) is 11.7 Å². The molecule has 28 heavy (non-hydrogen) atoms. The molecule has 1 aromatic carbocycles. The van der Waals surface area contributed by atoms with Gasteiger partial charge in [-0.25, -0.2) is 14.4 Å². The summed E-state index contributed by atoms with van der Waals surface area (Å²) in [6, 6.07) is 6.18. The Morgan fingerprint density at radius 2 is 1.75 bits per heavy atom. The lowest BCUT2D eigenvalue weighted by Crippen LogP contribution is -2.33. The van der Waals surface area contributed by atoms with Crippen LogP contribution in [0.4, 0.5) is 4.39 Å². The number of nitrogens with zero attached hydrogens (tertiary/aromatic N) is 4. The molecule has 0 fully saturated rings. The Hall–Kier alpha value is -3.09. The monoisotopic (exact) mass is 380 g/mol. The molecule has 0 bridgehead atoms. The fourth-order valence-electron chi connectivity index (χ4n) is 3.66. The number of rotatable bonds is 2. The maximum Gasteiger partial charge on any atom is 0.259 e. The summed E-state index contributed by atoms with van der Waals surface area (Å²) in [5, 5.41) is 3.89.